The fourth-order valence-corrected chi connectivity index (χ4v) is 5.03. The van der Waals surface area contributed by atoms with Crippen LogP contribution in [0.25, 0.3) is 0 Å². The zero-order valence-electron chi connectivity index (χ0n) is 16.9. The third kappa shape index (κ3) is 5.06. The van der Waals surface area contributed by atoms with E-state index in [4.69, 9.17) is 21.1 Å². The first-order chi connectivity index (χ1) is 14.3. The van der Waals surface area contributed by atoms with Gasteiger partial charge in [0, 0.05) is 30.6 Å². The van der Waals surface area contributed by atoms with Crippen molar-refractivity contribution in [2.24, 2.45) is 5.92 Å². The van der Waals surface area contributed by atoms with Gasteiger partial charge in [0.25, 0.3) is 0 Å². The fraction of sp³-hybridized carbons (Fsp3) is 0.381. The Morgan fingerprint density at radius 1 is 1.07 bits per heavy atom. The minimum absolute atomic E-state index is 0.0756. The summed E-state index contributed by atoms with van der Waals surface area (Å²) in [6.07, 6.45) is 0.954. The Morgan fingerprint density at radius 3 is 2.30 bits per heavy atom. The minimum Gasteiger partial charge on any atom is -0.493 e. The summed E-state index contributed by atoms with van der Waals surface area (Å²) in [5.41, 5.74) is 0.892. The summed E-state index contributed by atoms with van der Waals surface area (Å²) in [5, 5.41) is 3.42. The molecule has 3 rings (SSSR count). The molecule has 1 heterocycles. The van der Waals surface area contributed by atoms with E-state index in [-0.39, 0.29) is 16.7 Å². The van der Waals surface area contributed by atoms with Crippen molar-refractivity contribution >= 4 is 27.5 Å². The molecule has 1 aliphatic rings. The van der Waals surface area contributed by atoms with Gasteiger partial charge in [0.05, 0.1) is 19.1 Å². The SMILES string of the molecule is COc1ccc(CNC(=O)C2CCN(S(=O)(=O)c3ccc(Cl)cc3)CC2)cc1OC. The summed E-state index contributed by atoms with van der Waals surface area (Å²) in [6.45, 7) is 0.973. The second kappa shape index (κ2) is 9.68. The van der Waals surface area contributed by atoms with E-state index in [1.807, 2.05) is 12.1 Å². The van der Waals surface area contributed by atoms with E-state index in [1.54, 1.807) is 32.4 Å². The summed E-state index contributed by atoms with van der Waals surface area (Å²) >= 11 is 5.84. The Hall–Kier alpha value is -2.29. The number of carbonyl (C=O) groups is 1. The van der Waals surface area contributed by atoms with Crippen molar-refractivity contribution in [3.63, 3.8) is 0 Å². The van der Waals surface area contributed by atoms with E-state index in [9.17, 15) is 13.2 Å². The van der Waals surface area contributed by atoms with Crippen molar-refractivity contribution in [3.8, 4) is 11.5 Å². The van der Waals surface area contributed by atoms with Gasteiger partial charge < -0.3 is 14.8 Å². The highest BCUT2D eigenvalue weighted by Gasteiger charge is 2.32. The number of halogens is 1. The quantitative estimate of drug-likeness (QED) is 0.697. The maximum atomic E-state index is 12.8. The molecule has 1 fully saturated rings. The van der Waals surface area contributed by atoms with Crippen LogP contribution in [0.4, 0.5) is 0 Å². The molecule has 0 aliphatic carbocycles. The Kier molecular flexibility index (Phi) is 7.23. The Bertz CT molecular complexity index is 987. The first-order valence-electron chi connectivity index (χ1n) is 9.59. The molecule has 162 valence electrons. The standard InChI is InChI=1S/C21H25ClN2O5S/c1-28-19-8-3-15(13-20(19)29-2)14-23-21(25)16-9-11-24(12-10-16)30(26,27)18-6-4-17(22)5-7-18/h3-8,13,16H,9-12,14H2,1-2H3,(H,23,25). The summed E-state index contributed by atoms with van der Waals surface area (Å²) in [7, 11) is -0.450. The molecule has 1 saturated heterocycles. The number of rotatable bonds is 7. The first kappa shape index (κ1) is 22.4. The smallest absolute Gasteiger partial charge is 0.243 e. The summed E-state index contributed by atoms with van der Waals surface area (Å²) < 4.78 is 37.4. The molecule has 0 atom stereocenters. The molecule has 2 aromatic carbocycles. The average molecular weight is 453 g/mol. The number of benzene rings is 2. The number of amides is 1. The highest BCUT2D eigenvalue weighted by molar-refractivity contribution is 7.89. The van der Waals surface area contributed by atoms with E-state index in [1.165, 1.54) is 16.4 Å². The van der Waals surface area contributed by atoms with Crippen LogP contribution >= 0.6 is 11.6 Å². The first-order valence-corrected chi connectivity index (χ1v) is 11.4. The number of carbonyl (C=O) groups excluding carboxylic acids is 1. The van der Waals surface area contributed by atoms with Crippen molar-refractivity contribution < 1.29 is 22.7 Å². The number of sulfonamides is 1. The van der Waals surface area contributed by atoms with E-state index in [0.717, 1.165) is 5.56 Å². The molecule has 0 radical (unpaired) electrons. The summed E-state index contributed by atoms with van der Waals surface area (Å²) in [6, 6.07) is 11.6. The third-order valence-corrected chi connectivity index (χ3v) is 7.36. The van der Waals surface area contributed by atoms with Crippen molar-refractivity contribution in [1.82, 2.24) is 9.62 Å². The molecule has 1 N–H and O–H groups in total. The second-order valence-electron chi connectivity index (χ2n) is 7.04. The van der Waals surface area contributed by atoms with Gasteiger partial charge in [0.2, 0.25) is 15.9 Å². The van der Waals surface area contributed by atoms with Gasteiger partial charge in [-0.25, -0.2) is 8.42 Å². The van der Waals surface area contributed by atoms with Crippen LogP contribution in [0.5, 0.6) is 11.5 Å². The van der Waals surface area contributed by atoms with Gasteiger partial charge in [-0.15, -0.1) is 0 Å². The van der Waals surface area contributed by atoms with Crippen LogP contribution < -0.4 is 14.8 Å². The van der Waals surface area contributed by atoms with Crippen molar-refractivity contribution in [2.45, 2.75) is 24.3 Å². The maximum Gasteiger partial charge on any atom is 0.243 e. The minimum atomic E-state index is -3.58. The van der Waals surface area contributed by atoms with Crippen LogP contribution in [0, 0.1) is 5.92 Å². The van der Waals surface area contributed by atoms with Crippen LogP contribution in [0.2, 0.25) is 5.02 Å². The van der Waals surface area contributed by atoms with Crippen molar-refractivity contribution in [1.29, 1.82) is 0 Å². The van der Waals surface area contributed by atoms with Crippen molar-refractivity contribution in [3.05, 3.63) is 53.1 Å². The molecule has 0 aromatic heterocycles. The van der Waals surface area contributed by atoms with Gasteiger partial charge >= 0.3 is 0 Å². The lowest BCUT2D eigenvalue weighted by atomic mass is 9.97. The molecule has 0 bridgehead atoms. The summed E-state index contributed by atoms with van der Waals surface area (Å²) in [5.74, 6) is 0.932. The number of methoxy groups -OCH3 is 2. The van der Waals surface area contributed by atoms with Gasteiger partial charge in [-0.1, -0.05) is 17.7 Å². The Morgan fingerprint density at radius 2 is 1.70 bits per heavy atom. The van der Waals surface area contributed by atoms with Gasteiger partial charge in [-0.2, -0.15) is 4.31 Å². The number of nitrogens with one attached hydrogen (secondary N) is 1. The van der Waals surface area contributed by atoms with Gasteiger partial charge in [0.15, 0.2) is 11.5 Å². The molecule has 1 aliphatic heterocycles. The zero-order chi connectivity index (χ0) is 21.7. The predicted molar refractivity (Wildman–Crippen MR) is 114 cm³/mol. The molecule has 1 amide bonds. The number of hydrogen-bond donors (Lipinski definition) is 1. The molecule has 0 saturated carbocycles. The monoisotopic (exact) mass is 452 g/mol. The molecule has 0 unspecified atom stereocenters. The molecule has 9 heteroatoms. The van der Waals surface area contributed by atoms with E-state index >= 15 is 0 Å². The topological polar surface area (TPSA) is 84.9 Å². The molecule has 0 spiro atoms. The second-order valence-corrected chi connectivity index (χ2v) is 9.41. The molecule has 30 heavy (non-hydrogen) atoms. The largest absolute Gasteiger partial charge is 0.493 e. The molecular formula is C21H25ClN2O5S. The Labute approximate surface area is 182 Å². The van der Waals surface area contributed by atoms with E-state index in [0.29, 0.717) is 49.0 Å². The van der Waals surface area contributed by atoms with Crippen molar-refractivity contribution in [2.75, 3.05) is 27.3 Å². The third-order valence-electron chi connectivity index (χ3n) is 5.19. The Balaban J connectivity index is 1.55. The molecule has 2 aromatic rings. The van der Waals surface area contributed by atoms with E-state index < -0.39 is 10.0 Å². The van der Waals surface area contributed by atoms with Gasteiger partial charge in [-0.3, -0.25) is 4.79 Å². The number of ether oxygens (including phenoxy) is 2. The van der Waals surface area contributed by atoms with Crippen LogP contribution in [0.1, 0.15) is 18.4 Å². The molecule has 7 nitrogen and oxygen atoms in total. The van der Waals surface area contributed by atoms with Gasteiger partial charge in [0.1, 0.15) is 0 Å². The highest BCUT2D eigenvalue weighted by atomic mass is 35.5. The summed E-state index contributed by atoms with van der Waals surface area (Å²) in [4.78, 5) is 12.8. The number of piperidine rings is 1. The van der Waals surface area contributed by atoms with Crippen LogP contribution in [-0.4, -0.2) is 45.9 Å². The van der Waals surface area contributed by atoms with E-state index in [2.05, 4.69) is 5.32 Å². The highest BCUT2D eigenvalue weighted by Crippen LogP contribution is 2.28. The molecular weight excluding hydrogens is 428 g/mol. The zero-order valence-corrected chi connectivity index (χ0v) is 18.5. The van der Waals surface area contributed by atoms with Crippen LogP contribution in [0.15, 0.2) is 47.4 Å². The average Bonchev–Trinajstić information content (AvgIpc) is 2.77. The lowest BCUT2D eigenvalue weighted by Gasteiger charge is -2.30. The van der Waals surface area contributed by atoms with Crippen LogP contribution in [0.3, 0.4) is 0 Å². The fourth-order valence-electron chi connectivity index (χ4n) is 3.44. The number of hydrogen-bond acceptors (Lipinski definition) is 5. The lowest BCUT2D eigenvalue weighted by Crippen LogP contribution is -2.42. The van der Waals surface area contributed by atoms with Gasteiger partial charge in [-0.05, 0) is 54.8 Å². The maximum absolute atomic E-state index is 12.8. The number of nitrogens with zero attached hydrogens (tertiary/aromatic N) is 1. The normalized spacial score (nSPS) is 15.6. The predicted octanol–water partition coefficient (Wildman–Crippen LogP) is 3.07. The lowest BCUT2D eigenvalue weighted by molar-refractivity contribution is -0.126. The van der Waals surface area contributed by atoms with Crippen LogP contribution in [-0.2, 0) is 21.4 Å².